The molecular weight excluding hydrogens is 548 g/mol. The van der Waals surface area contributed by atoms with Crippen molar-refractivity contribution in [3.8, 4) is 0 Å². The molecule has 0 saturated carbocycles. The van der Waals surface area contributed by atoms with Crippen molar-refractivity contribution in [1.29, 1.82) is 0 Å². The van der Waals surface area contributed by atoms with Crippen molar-refractivity contribution in [2.45, 2.75) is 148 Å². The zero-order chi connectivity index (χ0) is 32.2. The first-order valence-corrected chi connectivity index (χ1v) is 17.5. The highest BCUT2D eigenvalue weighted by atomic mass is 16.6. The molecule has 0 amide bonds. The number of hydrogen-bond donors (Lipinski definition) is 1. The van der Waals surface area contributed by atoms with Crippen molar-refractivity contribution in [3.05, 3.63) is 72.9 Å². The third kappa shape index (κ3) is 32.3. The van der Waals surface area contributed by atoms with E-state index in [0.29, 0.717) is 12.8 Å². The normalized spacial score (nSPS) is 13.1. The molecule has 0 aliphatic heterocycles. The van der Waals surface area contributed by atoms with Gasteiger partial charge in [-0.05, 0) is 83.5 Å². The summed E-state index contributed by atoms with van der Waals surface area (Å²) < 4.78 is 10.5. The molecule has 0 heterocycles. The highest BCUT2D eigenvalue weighted by Crippen LogP contribution is 2.10. The minimum Gasteiger partial charge on any atom is -0.462 e. The lowest BCUT2D eigenvalue weighted by Crippen LogP contribution is -2.28. The maximum atomic E-state index is 12.1. The van der Waals surface area contributed by atoms with Gasteiger partial charge in [0.1, 0.15) is 6.61 Å². The molecule has 0 radical (unpaired) electrons. The van der Waals surface area contributed by atoms with Gasteiger partial charge in [0.15, 0.2) is 6.10 Å². The van der Waals surface area contributed by atoms with Gasteiger partial charge in [-0.3, -0.25) is 9.59 Å². The smallest absolute Gasteiger partial charge is 0.306 e. The molecule has 0 bridgehead atoms. The van der Waals surface area contributed by atoms with E-state index in [4.69, 9.17) is 9.47 Å². The van der Waals surface area contributed by atoms with Crippen molar-refractivity contribution < 1.29 is 24.2 Å². The van der Waals surface area contributed by atoms with E-state index in [2.05, 4.69) is 86.8 Å². The molecule has 0 aliphatic rings. The topological polar surface area (TPSA) is 72.8 Å². The van der Waals surface area contributed by atoms with Crippen LogP contribution in [0.25, 0.3) is 0 Å². The quantitative estimate of drug-likeness (QED) is 0.0496. The summed E-state index contributed by atoms with van der Waals surface area (Å²) in [5.41, 5.74) is 0. The van der Waals surface area contributed by atoms with Gasteiger partial charge in [0.25, 0.3) is 0 Å². The lowest BCUT2D eigenvalue weighted by molar-refractivity contribution is -0.161. The van der Waals surface area contributed by atoms with Crippen LogP contribution in [0.3, 0.4) is 0 Å². The predicted octanol–water partition coefficient (Wildman–Crippen LogP) is 10.6. The fraction of sp³-hybridized carbons (Fsp3) is 0.641. The fourth-order valence-electron chi connectivity index (χ4n) is 4.34. The zero-order valence-electron chi connectivity index (χ0n) is 28.1. The van der Waals surface area contributed by atoms with Gasteiger partial charge >= 0.3 is 11.9 Å². The van der Waals surface area contributed by atoms with Crippen molar-refractivity contribution >= 4 is 11.9 Å². The van der Waals surface area contributed by atoms with Crippen LogP contribution in [-0.2, 0) is 19.1 Å². The summed E-state index contributed by atoms with van der Waals surface area (Å²) >= 11 is 0. The number of rotatable bonds is 30. The molecule has 0 saturated heterocycles. The van der Waals surface area contributed by atoms with Crippen LogP contribution < -0.4 is 0 Å². The summed E-state index contributed by atoms with van der Waals surface area (Å²) in [7, 11) is 0. The number of hydrogen-bond acceptors (Lipinski definition) is 5. The maximum absolute atomic E-state index is 12.1. The number of aliphatic hydroxyl groups is 1. The summed E-state index contributed by atoms with van der Waals surface area (Å²) in [6.45, 7) is 3.92. The Kier molecular flexibility index (Phi) is 32.7. The Balaban J connectivity index is 3.71. The van der Waals surface area contributed by atoms with Gasteiger partial charge in [0.05, 0.1) is 6.61 Å². The summed E-state index contributed by atoms with van der Waals surface area (Å²) in [5, 5.41) is 9.51. The summed E-state index contributed by atoms with van der Waals surface area (Å²) in [6, 6.07) is 0. The Morgan fingerprint density at radius 2 is 0.977 bits per heavy atom. The highest BCUT2D eigenvalue weighted by Gasteiger charge is 2.16. The van der Waals surface area contributed by atoms with Gasteiger partial charge in [-0.15, -0.1) is 0 Å². The molecule has 0 aliphatic carbocycles. The van der Waals surface area contributed by atoms with E-state index in [1.807, 2.05) is 0 Å². The fourth-order valence-corrected chi connectivity index (χ4v) is 4.34. The van der Waals surface area contributed by atoms with Gasteiger partial charge in [0.2, 0.25) is 0 Å². The number of aliphatic hydroxyl groups excluding tert-OH is 1. The Labute approximate surface area is 270 Å². The average molecular weight is 613 g/mol. The Bertz CT molecular complexity index is 833. The number of unbranched alkanes of at least 4 members (excludes halogenated alkanes) is 10. The largest absolute Gasteiger partial charge is 0.462 e. The number of carbonyl (C=O) groups excluding carboxylic acids is 2. The molecule has 0 aromatic rings. The summed E-state index contributed by atoms with van der Waals surface area (Å²) in [6.07, 6.45) is 45.2. The van der Waals surface area contributed by atoms with E-state index in [1.165, 1.54) is 32.1 Å². The average Bonchev–Trinajstić information content (AvgIpc) is 3.02. The van der Waals surface area contributed by atoms with E-state index in [0.717, 1.165) is 83.5 Å². The second kappa shape index (κ2) is 34.8. The molecule has 5 nitrogen and oxygen atoms in total. The van der Waals surface area contributed by atoms with Crippen LogP contribution in [0.2, 0.25) is 0 Å². The second-order valence-electron chi connectivity index (χ2n) is 11.2. The standard InChI is InChI=1S/C39H64O5/c1-3-5-7-9-11-13-15-17-19-21-23-25-27-29-31-33-38(41)43-36-37(35-40)44-39(42)34-32-30-28-26-24-22-20-18-16-14-12-10-8-6-4-2/h6,8,11-14,17-20,24,26,37,40H,3-5,7,9-10,15-16,21-23,25,27-36H2,1-2H3/t37-/m0/s1. The molecule has 0 aromatic carbocycles. The van der Waals surface area contributed by atoms with Crippen LogP contribution in [0.15, 0.2) is 72.9 Å². The van der Waals surface area contributed by atoms with E-state index in [-0.39, 0.29) is 25.2 Å². The van der Waals surface area contributed by atoms with E-state index < -0.39 is 6.10 Å². The van der Waals surface area contributed by atoms with E-state index >= 15 is 0 Å². The lowest BCUT2D eigenvalue weighted by atomic mass is 10.1. The Morgan fingerprint density at radius 3 is 1.52 bits per heavy atom. The Hall–Kier alpha value is -2.66. The summed E-state index contributed by atoms with van der Waals surface area (Å²) in [5.74, 6) is -0.665. The van der Waals surface area contributed by atoms with Crippen LogP contribution in [0.5, 0.6) is 0 Å². The molecule has 250 valence electrons. The molecule has 0 rings (SSSR count). The number of carbonyl (C=O) groups is 2. The predicted molar refractivity (Wildman–Crippen MR) is 186 cm³/mol. The molecule has 1 atom stereocenters. The van der Waals surface area contributed by atoms with Crippen LogP contribution in [0, 0.1) is 0 Å². The first-order valence-electron chi connectivity index (χ1n) is 17.5. The first-order chi connectivity index (χ1) is 21.6. The highest BCUT2D eigenvalue weighted by molar-refractivity contribution is 5.70. The Morgan fingerprint density at radius 1 is 0.545 bits per heavy atom. The van der Waals surface area contributed by atoms with Gasteiger partial charge in [-0.2, -0.15) is 0 Å². The minimum absolute atomic E-state index is 0.0940. The minimum atomic E-state index is -0.801. The monoisotopic (exact) mass is 612 g/mol. The van der Waals surface area contributed by atoms with Crippen LogP contribution >= 0.6 is 0 Å². The maximum Gasteiger partial charge on any atom is 0.306 e. The van der Waals surface area contributed by atoms with Gasteiger partial charge in [-0.1, -0.05) is 119 Å². The van der Waals surface area contributed by atoms with E-state index in [1.54, 1.807) is 0 Å². The molecular formula is C39H64O5. The van der Waals surface area contributed by atoms with Crippen LogP contribution in [0.1, 0.15) is 142 Å². The van der Waals surface area contributed by atoms with Crippen LogP contribution in [-0.4, -0.2) is 36.4 Å². The van der Waals surface area contributed by atoms with Crippen molar-refractivity contribution in [2.24, 2.45) is 0 Å². The number of ether oxygens (including phenoxy) is 2. The van der Waals surface area contributed by atoms with Gasteiger partial charge in [-0.25, -0.2) is 0 Å². The zero-order valence-corrected chi connectivity index (χ0v) is 28.1. The number of esters is 2. The van der Waals surface area contributed by atoms with Crippen LogP contribution in [0.4, 0.5) is 0 Å². The molecule has 0 fully saturated rings. The van der Waals surface area contributed by atoms with E-state index in [9.17, 15) is 14.7 Å². The molecule has 0 aromatic heterocycles. The third-order valence-electron chi connectivity index (χ3n) is 6.98. The number of allylic oxidation sites excluding steroid dienone is 12. The SMILES string of the molecule is CCC=CCC=CCC=CCC=CCCCCC(=O)O[C@@H](CO)COC(=O)CCCCCCCC=CCC=CCCCCC. The molecule has 1 N–H and O–H groups in total. The lowest BCUT2D eigenvalue weighted by Gasteiger charge is -2.15. The van der Waals surface area contributed by atoms with Crippen molar-refractivity contribution in [3.63, 3.8) is 0 Å². The summed E-state index contributed by atoms with van der Waals surface area (Å²) in [4.78, 5) is 24.1. The molecule has 44 heavy (non-hydrogen) atoms. The second-order valence-corrected chi connectivity index (χ2v) is 11.2. The van der Waals surface area contributed by atoms with Crippen molar-refractivity contribution in [2.75, 3.05) is 13.2 Å². The first kappa shape index (κ1) is 41.3. The molecule has 5 heteroatoms. The molecule has 0 unspecified atom stereocenters. The molecule has 0 spiro atoms. The van der Waals surface area contributed by atoms with Gasteiger partial charge < -0.3 is 14.6 Å². The van der Waals surface area contributed by atoms with Gasteiger partial charge in [0, 0.05) is 12.8 Å². The van der Waals surface area contributed by atoms with Crippen molar-refractivity contribution in [1.82, 2.24) is 0 Å². The third-order valence-corrected chi connectivity index (χ3v) is 6.98.